The number of nitrogen functional groups attached to an aromatic ring is 2. The van der Waals surface area contributed by atoms with Crippen molar-refractivity contribution in [3.63, 3.8) is 0 Å². The second-order valence-corrected chi connectivity index (χ2v) is 8.28. The van der Waals surface area contributed by atoms with Crippen molar-refractivity contribution in [2.45, 2.75) is 33.3 Å². The maximum Gasteiger partial charge on any atom is 0.258 e. The molecule has 182 valence electrons. The molecule has 1 amide bonds. The Morgan fingerprint density at radius 1 is 1.11 bits per heavy atom. The van der Waals surface area contributed by atoms with Crippen LogP contribution in [0.25, 0.3) is 0 Å². The summed E-state index contributed by atoms with van der Waals surface area (Å²) in [5.41, 5.74) is 18.0. The number of fused-ring (bicyclic) bond motifs is 1. The van der Waals surface area contributed by atoms with E-state index in [1.54, 1.807) is 24.3 Å². The van der Waals surface area contributed by atoms with Crippen LogP contribution >= 0.6 is 0 Å². The molecular formula is C25H28N6O4. The van der Waals surface area contributed by atoms with E-state index in [4.69, 9.17) is 25.8 Å². The van der Waals surface area contributed by atoms with Gasteiger partial charge in [0.2, 0.25) is 5.95 Å². The number of nitrogens with zero attached hydrogens (tertiary/aromatic N) is 3. The Bertz CT molecular complexity index is 1270. The molecule has 4 rings (SSSR count). The third kappa shape index (κ3) is 4.96. The Hall–Kier alpha value is -4.34. The average Bonchev–Trinajstić information content (AvgIpc) is 2.86. The number of anilines is 3. The number of carbonyl (C=O) groups excluding carboxylic acids is 1. The van der Waals surface area contributed by atoms with E-state index in [0.717, 1.165) is 39.4 Å². The third-order valence-electron chi connectivity index (χ3n) is 5.99. The van der Waals surface area contributed by atoms with Crippen molar-refractivity contribution in [2.75, 3.05) is 30.5 Å². The van der Waals surface area contributed by atoms with Crippen LogP contribution < -0.4 is 26.3 Å². The minimum Gasteiger partial charge on any atom is -0.490 e. The summed E-state index contributed by atoms with van der Waals surface area (Å²) in [5.74, 6) is 1.17. The molecule has 1 unspecified atom stereocenters. The Morgan fingerprint density at radius 2 is 1.80 bits per heavy atom. The van der Waals surface area contributed by atoms with Gasteiger partial charge < -0.3 is 31.1 Å². The molecule has 5 N–H and O–H groups in total. The van der Waals surface area contributed by atoms with Crippen molar-refractivity contribution in [3.8, 4) is 11.5 Å². The second-order valence-electron chi connectivity index (χ2n) is 8.28. The van der Waals surface area contributed by atoms with Crippen molar-refractivity contribution in [1.29, 1.82) is 0 Å². The van der Waals surface area contributed by atoms with E-state index >= 15 is 0 Å². The highest BCUT2D eigenvalue weighted by Gasteiger charge is 2.31. The predicted octanol–water partition coefficient (Wildman–Crippen LogP) is 3.40. The summed E-state index contributed by atoms with van der Waals surface area (Å²) >= 11 is 0. The molecule has 35 heavy (non-hydrogen) atoms. The predicted molar refractivity (Wildman–Crippen MR) is 134 cm³/mol. The van der Waals surface area contributed by atoms with Crippen molar-refractivity contribution in [3.05, 3.63) is 64.5 Å². The Morgan fingerprint density at radius 3 is 2.46 bits per heavy atom. The molecule has 3 aromatic rings. The number of amides is 1. The minimum absolute atomic E-state index is 0.110. The molecule has 1 aliphatic heterocycles. The molecule has 0 radical (unpaired) electrons. The monoisotopic (exact) mass is 476 g/mol. The number of hydrogen-bond acceptors (Lipinski definition) is 9. The van der Waals surface area contributed by atoms with Crippen molar-refractivity contribution in [2.24, 2.45) is 5.16 Å². The van der Waals surface area contributed by atoms with Gasteiger partial charge in [-0.05, 0) is 61.7 Å². The highest BCUT2D eigenvalue weighted by molar-refractivity contribution is 6.07. The third-order valence-corrected chi connectivity index (χ3v) is 5.99. The summed E-state index contributed by atoms with van der Waals surface area (Å²) in [7, 11) is 1.52. The number of carbonyl (C=O) groups is 1. The van der Waals surface area contributed by atoms with Crippen LogP contribution in [-0.2, 0) is 4.84 Å². The van der Waals surface area contributed by atoms with Gasteiger partial charge in [-0.25, -0.2) is 9.97 Å². The topological polar surface area (TPSA) is 147 Å². The van der Waals surface area contributed by atoms with E-state index in [1.807, 2.05) is 20.8 Å². The zero-order valence-corrected chi connectivity index (χ0v) is 20.1. The summed E-state index contributed by atoms with van der Waals surface area (Å²) in [6, 6.07) is 7.05. The number of rotatable bonds is 6. The molecule has 1 aromatic heterocycles. The number of nitrogens with one attached hydrogen (secondary N) is 1. The molecule has 0 aliphatic carbocycles. The maximum absolute atomic E-state index is 12.3. The SMILES string of the molecule is CON=C1CC(COc2ccc(NC(=O)c3cnc(N)nc3)cc2)Oc2c(C)c(C)c(N)c(C)c21. The molecule has 0 fully saturated rings. The van der Waals surface area contributed by atoms with Crippen molar-refractivity contribution >= 4 is 28.9 Å². The molecule has 10 nitrogen and oxygen atoms in total. The Kier molecular flexibility index (Phi) is 6.72. The first kappa shape index (κ1) is 23.8. The molecule has 0 saturated carbocycles. The molecular weight excluding hydrogens is 448 g/mol. The van der Waals surface area contributed by atoms with Gasteiger partial charge in [0.15, 0.2) is 0 Å². The quantitative estimate of drug-likeness (QED) is 0.362. The van der Waals surface area contributed by atoms with Gasteiger partial charge in [-0.15, -0.1) is 0 Å². The van der Waals surface area contributed by atoms with Gasteiger partial charge in [0.25, 0.3) is 5.91 Å². The van der Waals surface area contributed by atoms with E-state index < -0.39 is 0 Å². The summed E-state index contributed by atoms with van der Waals surface area (Å²) in [4.78, 5) is 25.1. The fourth-order valence-corrected chi connectivity index (χ4v) is 3.94. The van der Waals surface area contributed by atoms with Gasteiger partial charge in [-0.2, -0.15) is 0 Å². The largest absolute Gasteiger partial charge is 0.490 e. The van der Waals surface area contributed by atoms with Crippen LogP contribution in [0, 0.1) is 20.8 Å². The summed E-state index contributed by atoms with van der Waals surface area (Å²) in [5, 5.41) is 7.02. The van der Waals surface area contributed by atoms with E-state index in [9.17, 15) is 4.79 Å². The van der Waals surface area contributed by atoms with Crippen LogP contribution in [0.1, 0.15) is 39.0 Å². The van der Waals surface area contributed by atoms with Gasteiger partial charge in [-0.3, -0.25) is 4.79 Å². The minimum atomic E-state index is -0.334. The van der Waals surface area contributed by atoms with Crippen LogP contribution in [0.5, 0.6) is 11.5 Å². The van der Waals surface area contributed by atoms with Crippen LogP contribution in [0.15, 0.2) is 41.8 Å². The summed E-state index contributed by atoms with van der Waals surface area (Å²) < 4.78 is 12.3. The highest BCUT2D eigenvalue weighted by atomic mass is 16.6. The standard InChI is InChI=1S/C25H28N6O4/c1-13-14(2)23-21(15(3)22(13)26)20(31-33-4)9-19(35-23)12-34-18-7-5-17(6-8-18)30-24(32)16-10-28-25(27)29-11-16/h5-8,10-11,19H,9,12,26H2,1-4H3,(H,30,32)(H2,27,28,29). The zero-order chi connectivity index (χ0) is 25.1. The van der Waals surface area contributed by atoms with Crippen molar-refractivity contribution < 1.29 is 19.1 Å². The average molecular weight is 477 g/mol. The number of oxime groups is 1. The number of ether oxygens (including phenoxy) is 2. The van der Waals surface area contributed by atoms with Crippen LogP contribution in [-0.4, -0.2) is 41.4 Å². The Balaban J connectivity index is 1.43. The fourth-order valence-electron chi connectivity index (χ4n) is 3.94. The highest BCUT2D eigenvalue weighted by Crippen LogP contribution is 2.39. The first-order valence-electron chi connectivity index (χ1n) is 11.1. The van der Waals surface area contributed by atoms with Crippen LogP contribution in [0.2, 0.25) is 0 Å². The molecule has 2 heterocycles. The first-order valence-corrected chi connectivity index (χ1v) is 11.1. The lowest BCUT2D eigenvalue weighted by atomic mass is 9.90. The Labute approximate surface area is 203 Å². The van der Waals surface area contributed by atoms with Gasteiger partial charge in [-0.1, -0.05) is 5.16 Å². The molecule has 0 saturated heterocycles. The molecule has 0 spiro atoms. The van der Waals surface area contributed by atoms with Gasteiger partial charge >= 0.3 is 0 Å². The summed E-state index contributed by atoms with van der Waals surface area (Å²) in [6.45, 7) is 6.24. The van der Waals surface area contributed by atoms with Gasteiger partial charge in [0.1, 0.15) is 31.3 Å². The summed E-state index contributed by atoms with van der Waals surface area (Å²) in [6.07, 6.45) is 3.00. The molecule has 10 heteroatoms. The zero-order valence-electron chi connectivity index (χ0n) is 20.1. The smallest absolute Gasteiger partial charge is 0.258 e. The lowest BCUT2D eigenvalue weighted by Crippen LogP contribution is -2.34. The van der Waals surface area contributed by atoms with E-state index in [2.05, 4.69) is 20.4 Å². The van der Waals surface area contributed by atoms with E-state index in [1.165, 1.54) is 19.5 Å². The fraction of sp³-hybridized carbons (Fsp3) is 0.280. The normalized spacial score (nSPS) is 15.8. The number of nitrogens with two attached hydrogens (primary N) is 2. The van der Waals surface area contributed by atoms with Gasteiger partial charge in [0, 0.05) is 35.8 Å². The number of benzene rings is 2. The number of aromatic nitrogens is 2. The lowest BCUT2D eigenvalue weighted by molar-refractivity contribution is 0.102. The molecule has 1 aliphatic rings. The van der Waals surface area contributed by atoms with E-state index in [-0.39, 0.29) is 18.0 Å². The molecule has 2 aromatic carbocycles. The lowest BCUT2D eigenvalue weighted by Gasteiger charge is -2.30. The molecule has 0 bridgehead atoms. The first-order chi connectivity index (χ1) is 16.8. The molecule has 1 atom stereocenters. The van der Waals surface area contributed by atoms with Crippen LogP contribution in [0.3, 0.4) is 0 Å². The van der Waals surface area contributed by atoms with E-state index in [0.29, 0.717) is 30.0 Å². The van der Waals surface area contributed by atoms with Crippen LogP contribution in [0.4, 0.5) is 17.3 Å². The van der Waals surface area contributed by atoms with Crippen molar-refractivity contribution in [1.82, 2.24) is 9.97 Å². The number of hydrogen-bond donors (Lipinski definition) is 3. The second kappa shape index (κ2) is 9.88. The van der Waals surface area contributed by atoms with Gasteiger partial charge in [0.05, 0.1) is 11.3 Å². The maximum atomic E-state index is 12.3.